The monoisotopic (exact) mass is 512 g/mol. The largest absolute Gasteiger partial charge is 0.497 e. The molecule has 9 heteroatoms. The third-order valence-corrected chi connectivity index (χ3v) is 9.54. The van der Waals surface area contributed by atoms with Crippen molar-refractivity contribution in [3.05, 3.63) is 76.0 Å². The summed E-state index contributed by atoms with van der Waals surface area (Å²) in [5.74, 6) is 1.14. The van der Waals surface area contributed by atoms with Crippen LogP contribution in [0.3, 0.4) is 0 Å². The van der Waals surface area contributed by atoms with Crippen LogP contribution < -0.4 is 9.47 Å². The highest BCUT2D eigenvalue weighted by atomic mass is 32.2. The first kappa shape index (κ1) is 23.8. The maximum absolute atomic E-state index is 13.7. The summed E-state index contributed by atoms with van der Waals surface area (Å²) in [6, 6.07) is 15.7. The summed E-state index contributed by atoms with van der Waals surface area (Å²) in [7, 11) is -0.661. The molecule has 0 spiro atoms. The van der Waals surface area contributed by atoms with Gasteiger partial charge in [0, 0.05) is 17.5 Å². The number of fused-ring (bicyclic) bond motifs is 1. The highest BCUT2D eigenvalue weighted by Gasteiger charge is 2.41. The summed E-state index contributed by atoms with van der Waals surface area (Å²) in [5.41, 5.74) is 2.09. The number of thiophene rings is 1. The Labute approximate surface area is 209 Å². The van der Waals surface area contributed by atoms with Gasteiger partial charge in [0.2, 0.25) is 15.9 Å². The van der Waals surface area contributed by atoms with Crippen LogP contribution in [0.4, 0.5) is 0 Å². The van der Waals surface area contributed by atoms with Crippen molar-refractivity contribution in [1.82, 2.24) is 9.21 Å². The first-order chi connectivity index (χ1) is 16.9. The average Bonchev–Trinajstić information content (AvgIpc) is 3.61. The van der Waals surface area contributed by atoms with Crippen LogP contribution in [0.1, 0.15) is 34.9 Å². The molecule has 2 aliphatic rings. The van der Waals surface area contributed by atoms with Crippen LogP contribution in [0.5, 0.6) is 11.5 Å². The van der Waals surface area contributed by atoms with E-state index < -0.39 is 10.0 Å². The Morgan fingerprint density at radius 2 is 1.63 bits per heavy atom. The fraction of sp³-hybridized carbons (Fsp3) is 0.346. The van der Waals surface area contributed by atoms with Gasteiger partial charge in [0.25, 0.3) is 0 Å². The van der Waals surface area contributed by atoms with Gasteiger partial charge in [0.05, 0.1) is 31.7 Å². The first-order valence-electron chi connectivity index (χ1n) is 11.6. The summed E-state index contributed by atoms with van der Waals surface area (Å²) < 4.78 is 38.9. The lowest BCUT2D eigenvalue weighted by Crippen LogP contribution is -2.47. The highest BCUT2D eigenvalue weighted by molar-refractivity contribution is 7.89. The molecule has 1 atom stereocenters. The summed E-state index contributed by atoms with van der Waals surface area (Å²) in [6.07, 6.45) is 2.29. The molecule has 3 aromatic rings. The normalized spacial score (nSPS) is 17.8. The fourth-order valence-corrected chi connectivity index (χ4v) is 7.15. The van der Waals surface area contributed by atoms with Gasteiger partial charge in [-0.1, -0.05) is 12.1 Å². The van der Waals surface area contributed by atoms with Crippen LogP contribution in [0.15, 0.2) is 64.9 Å². The minimum absolute atomic E-state index is 0.146. The Kier molecular flexibility index (Phi) is 6.57. The molecule has 5 rings (SSSR count). The van der Waals surface area contributed by atoms with Gasteiger partial charge >= 0.3 is 0 Å². The zero-order chi connectivity index (χ0) is 24.6. The quantitative estimate of drug-likeness (QED) is 0.454. The van der Waals surface area contributed by atoms with Crippen LogP contribution in [-0.4, -0.2) is 56.9 Å². The zero-order valence-electron chi connectivity index (χ0n) is 19.7. The number of ether oxygens (including phenoxy) is 2. The molecule has 1 unspecified atom stereocenters. The molecule has 1 aromatic heterocycles. The molecule has 2 aromatic carbocycles. The maximum atomic E-state index is 13.7. The van der Waals surface area contributed by atoms with Gasteiger partial charge in [-0.2, -0.15) is 4.31 Å². The van der Waals surface area contributed by atoms with Gasteiger partial charge in [-0.15, -0.1) is 11.3 Å². The van der Waals surface area contributed by atoms with E-state index in [2.05, 4.69) is 11.4 Å². The van der Waals surface area contributed by atoms with Crippen molar-refractivity contribution in [2.45, 2.75) is 36.2 Å². The van der Waals surface area contributed by atoms with Gasteiger partial charge in [-0.25, -0.2) is 8.42 Å². The Hall–Kier alpha value is -2.88. The van der Waals surface area contributed by atoms with Crippen LogP contribution >= 0.6 is 11.3 Å². The lowest BCUT2D eigenvalue weighted by Gasteiger charge is -2.37. The smallest absolute Gasteiger partial charge is 0.243 e. The summed E-state index contributed by atoms with van der Waals surface area (Å²) in [5, 5.41) is 2.06. The van der Waals surface area contributed by atoms with E-state index in [-0.39, 0.29) is 29.4 Å². The van der Waals surface area contributed by atoms with Crippen LogP contribution in [0.25, 0.3) is 0 Å². The number of amides is 1. The molecule has 0 saturated heterocycles. The van der Waals surface area contributed by atoms with Crippen molar-refractivity contribution < 1.29 is 22.7 Å². The van der Waals surface area contributed by atoms with E-state index in [1.54, 1.807) is 30.6 Å². The highest BCUT2D eigenvalue weighted by Crippen LogP contribution is 2.39. The van der Waals surface area contributed by atoms with Gasteiger partial charge < -0.3 is 14.4 Å². The second-order valence-corrected chi connectivity index (χ2v) is 11.7. The van der Waals surface area contributed by atoms with E-state index >= 15 is 0 Å². The van der Waals surface area contributed by atoms with E-state index in [0.717, 1.165) is 36.1 Å². The molecule has 1 amide bonds. The molecule has 1 saturated carbocycles. The zero-order valence-corrected chi connectivity index (χ0v) is 21.3. The average molecular weight is 513 g/mol. The minimum Gasteiger partial charge on any atom is -0.497 e. The predicted octanol–water partition coefficient (Wildman–Crippen LogP) is 4.09. The summed E-state index contributed by atoms with van der Waals surface area (Å²) in [4.78, 5) is 17.0. The minimum atomic E-state index is -3.82. The number of carbonyl (C=O) groups excluding carboxylic acids is 1. The number of carbonyl (C=O) groups is 1. The van der Waals surface area contributed by atoms with E-state index in [0.29, 0.717) is 12.3 Å². The van der Waals surface area contributed by atoms with Crippen LogP contribution in [0, 0.1) is 0 Å². The van der Waals surface area contributed by atoms with E-state index in [1.807, 2.05) is 29.2 Å². The van der Waals surface area contributed by atoms with Crippen LogP contribution in [0.2, 0.25) is 0 Å². The third-order valence-electron chi connectivity index (χ3n) is 6.63. The van der Waals surface area contributed by atoms with Crippen LogP contribution in [-0.2, 0) is 21.2 Å². The molecule has 7 nitrogen and oxygen atoms in total. The molecule has 0 bridgehead atoms. The van der Waals surface area contributed by atoms with Gasteiger partial charge in [0.1, 0.15) is 11.5 Å². The molecule has 0 N–H and O–H groups in total. The molecular formula is C26H28N2O5S2. The Balaban J connectivity index is 1.44. The van der Waals surface area contributed by atoms with Crippen molar-refractivity contribution >= 4 is 27.3 Å². The lowest BCUT2D eigenvalue weighted by molar-refractivity contribution is -0.133. The Morgan fingerprint density at radius 1 is 1.00 bits per heavy atom. The molecule has 1 aliphatic carbocycles. The lowest BCUT2D eigenvalue weighted by atomic mass is 9.93. The molecule has 184 valence electrons. The van der Waals surface area contributed by atoms with Crippen molar-refractivity contribution in [2.24, 2.45) is 0 Å². The molecular weight excluding hydrogens is 484 g/mol. The second-order valence-electron chi connectivity index (χ2n) is 8.77. The number of sulfonamides is 1. The maximum Gasteiger partial charge on any atom is 0.243 e. The van der Waals surface area contributed by atoms with E-state index in [9.17, 15) is 13.2 Å². The molecule has 1 fully saturated rings. The molecule has 1 aliphatic heterocycles. The number of hydrogen-bond donors (Lipinski definition) is 0. The van der Waals surface area contributed by atoms with E-state index in [1.165, 1.54) is 28.4 Å². The topological polar surface area (TPSA) is 76.2 Å². The fourth-order valence-electron chi connectivity index (χ4n) is 4.61. The van der Waals surface area contributed by atoms with Gasteiger partial charge in [0.15, 0.2) is 0 Å². The van der Waals surface area contributed by atoms with Crippen molar-refractivity contribution in [3.63, 3.8) is 0 Å². The van der Waals surface area contributed by atoms with Gasteiger partial charge in [-0.3, -0.25) is 4.79 Å². The SMILES string of the molecule is COc1ccc(C2c3ccsc3CCN2C(=O)CN(C2CC2)S(=O)(=O)c2ccc(OC)cc2)cc1. The van der Waals surface area contributed by atoms with Gasteiger partial charge in [-0.05, 0) is 78.2 Å². The molecule has 0 radical (unpaired) electrons. The second kappa shape index (κ2) is 9.64. The van der Waals surface area contributed by atoms with Crippen molar-refractivity contribution in [2.75, 3.05) is 27.3 Å². The standard InChI is InChI=1S/C26H28N2O5S2/c1-32-20-7-3-18(4-8-20)26-23-14-16-34-24(23)13-15-27(26)25(29)17-28(19-5-6-19)35(30,31)22-11-9-21(33-2)10-12-22/h3-4,7-12,14,16,19,26H,5-6,13,15,17H2,1-2H3. The first-order valence-corrected chi connectivity index (χ1v) is 13.9. The van der Waals surface area contributed by atoms with Crippen molar-refractivity contribution in [1.29, 1.82) is 0 Å². The molecule has 2 heterocycles. The number of hydrogen-bond acceptors (Lipinski definition) is 6. The number of benzene rings is 2. The number of rotatable bonds is 8. The van der Waals surface area contributed by atoms with Crippen molar-refractivity contribution in [3.8, 4) is 11.5 Å². The van der Waals surface area contributed by atoms with E-state index in [4.69, 9.17) is 9.47 Å². The summed E-state index contributed by atoms with van der Waals surface area (Å²) in [6.45, 7) is 0.370. The summed E-state index contributed by atoms with van der Waals surface area (Å²) >= 11 is 1.70. The molecule has 35 heavy (non-hydrogen) atoms. The Bertz CT molecular complexity index is 1300. The number of nitrogens with zero attached hydrogens (tertiary/aromatic N) is 2. The predicted molar refractivity (Wildman–Crippen MR) is 134 cm³/mol. The third kappa shape index (κ3) is 4.68. The Morgan fingerprint density at radius 3 is 2.23 bits per heavy atom. The number of methoxy groups -OCH3 is 2.